The lowest BCUT2D eigenvalue weighted by Gasteiger charge is -2.04. The Balaban J connectivity index is 1.55. The van der Waals surface area contributed by atoms with Crippen LogP contribution in [0.1, 0.15) is 111 Å². The summed E-state index contributed by atoms with van der Waals surface area (Å²) >= 11 is 0. The van der Waals surface area contributed by atoms with Crippen molar-refractivity contribution in [2.24, 2.45) is 0 Å². The molecule has 3 rings (SSSR count). The third kappa shape index (κ3) is 10.2. The number of hydrogen-bond donors (Lipinski definition) is 0. The first-order valence-corrected chi connectivity index (χ1v) is 14.3. The Labute approximate surface area is 228 Å². The molecule has 0 radical (unpaired) electrons. The summed E-state index contributed by atoms with van der Waals surface area (Å²) < 4.78 is 29.1. The fourth-order valence-corrected chi connectivity index (χ4v) is 4.41. The lowest BCUT2D eigenvalue weighted by Crippen LogP contribution is -1.92. The molecule has 0 unspecified atom stereocenters. The van der Waals surface area contributed by atoms with Crippen molar-refractivity contribution in [3.05, 3.63) is 106 Å². The Morgan fingerprint density at radius 1 is 0.500 bits per heavy atom. The molecule has 0 nitrogen and oxygen atoms in total. The lowest BCUT2D eigenvalue weighted by atomic mass is 10.0. The van der Waals surface area contributed by atoms with Gasteiger partial charge in [0.1, 0.15) is 11.6 Å². The predicted molar refractivity (Wildman–Crippen MR) is 156 cm³/mol. The SMILES string of the molecule is CCCCCCCc1ccc(C#Cc2ccc(C#Cc3ccc(CCCCCCC)c(F)c3)c(F)c2)cc1. The van der Waals surface area contributed by atoms with Gasteiger partial charge in [0, 0.05) is 16.7 Å². The second-order valence-electron chi connectivity index (χ2n) is 10.0. The average Bonchev–Trinajstić information content (AvgIpc) is 2.93. The monoisotopic (exact) mass is 510 g/mol. The van der Waals surface area contributed by atoms with E-state index in [4.69, 9.17) is 0 Å². The van der Waals surface area contributed by atoms with Crippen molar-refractivity contribution < 1.29 is 8.78 Å². The highest BCUT2D eigenvalue weighted by Gasteiger charge is 2.04. The molecule has 0 bridgehead atoms. The van der Waals surface area contributed by atoms with Gasteiger partial charge in [-0.05, 0) is 79.3 Å². The molecule has 0 atom stereocenters. The van der Waals surface area contributed by atoms with Crippen LogP contribution < -0.4 is 0 Å². The molecule has 0 fully saturated rings. The zero-order chi connectivity index (χ0) is 27.0. The van der Waals surface area contributed by atoms with Crippen LogP contribution in [0.4, 0.5) is 8.78 Å². The quantitative estimate of drug-likeness (QED) is 0.168. The molecule has 0 saturated carbocycles. The number of halogens is 2. The maximum Gasteiger partial charge on any atom is 0.140 e. The van der Waals surface area contributed by atoms with E-state index in [-0.39, 0.29) is 11.4 Å². The zero-order valence-electron chi connectivity index (χ0n) is 23.0. The van der Waals surface area contributed by atoms with E-state index in [9.17, 15) is 8.78 Å². The van der Waals surface area contributed by atoms with Gasteiger partial charge in [0.25, 0.3) is 0 Å². The molecule has 3 aromatic rings. The second kappa shape index (κ2) is 16.5. The van der Waals surface area contributed by atoms with Crippen molar-refractivity contribution in [3.63, 3.8) is 0 Å². The summed E-state index contributed by atoms with van der Waals surface area (Å²) in [7, 11) is 0. The van der Waals surface area contributed by atoms with Gasteiger partial charge < -0.3 is 0 Å². The summed E-state index contributed by atoms with van der Waals surface area (Å²) in [5.41, 5.74) is 4.39. The summed E-state index contributed by atoms with van der Waals surface area (Å²) in [6.45, 7) is 4.42. The molecule has 0 N–H and O–H groups in total. The Morgan fingerprint density at radius 2 is 1.03 bits per heavy atom. The van der Waals surface area contributed by atoms with E-state index in [0.29, 0.717) is 11.1 Å². The third-order valence-electron chi connectivity index (χ3n) is 6.79. The molecule has 0 aromatic heterocycles. The molecule has 38 heavy (non-hydrogen) atoms. The van der Waals surface area contributed by atoms with Crippen LogP contribution in [0.5, 0.6) is 0 Å². The van der Waals surface area contributed by atoms with Crippen LogP contribution in [0, 0.1) is 35.3 Å². The average molecular weight is 511 g/mol. The van der Waals surface area contributed by atoms with Gasteiger partial charge in [-0.15, -0.1) is 0 Å². The topological polar surface area (TPSA) is 0 Å². The van der Waals surface area contributed by atoms with Gasteiger partial charge in [0.15, 0.2) is 0 Å². The van der Waals surface area contributed by atoms with Gasteiger partial charge in [-0.3, -0.25) is 0 Å². The number of hydrogen-bond acceptors (Lipinski definition) is 0. The van der Waals surface area contributed by atoms with Crippen molar-refractivity contribution in [2.75, 3.05) is 0 Å². The lowest BCUT2D eigenvalue weighted by molar-refractivity contribution is 0.587. The van der Waals surface area contributed by atoms with Crippen molar-refractivity contribution >= 4 is 0 Å². The van der Waals surface area contributed by atoms with Crippen molar-refractivity contribution in [2.45, 2.75) is 90.9 Å². The third-order valence-corrected chi connectivity index (χ3v) is 6.79. The van der Waals surface area contributed by atoms with Crippen molar-refractivity contribution in [3.8, 4) is 23.7 Å². The summed E-state index contributed by atoms with van der Waals surface area (Å²) in [5, 5.41) is 0. The highest BCUT2D eigenvalue weighted by atomic mass is 19.1. The summed E-state index contributed by atoms with van der Waals surface area (Å²) in [6, 6.07) is 18.2. The maximum absolute atomic E-state index is 14.7. The van der Waals surface area contributed by atoms with Crippen molar-refractivity contribution in [1.82, 2.24) is 0 Å². The first-order valence-electron chi connectivity index (χ1n) is 14.3. The molecule has 0 spiro atoms. The fraction of sp³-hybridized carbons (Fsp3) is 0.389. The van der Waals surface area contributed by atoms with Crippen LogP contribution in [0.25, 0.3) is 0 Å². The molecule has 198 valence electrons. The van der Waals surface area contributed by atoms with Crippen LogP contribution >= 0.6 is 0 Å². The molecular formula is C36H40F2. The van der Waals surface area contributed by atoms with E-state index in [1.807, 2.05) is 18.2 Å². The Morgan fingerprint density at radius 3 is 1.66 bits per heavy atom. The Kier molecular flexibility index (Phi) is 12.7. The first-order chi connectivity index (χ1) is 18.6. The van der Waals surface area contributed by atoms with Gasteiger partial charge in [0.2, 0.25) is 0 Å². The minimum absolute atomic E-state index is 0.238. The van der Waals surface area contributed by atoms with E-state index in [0.717, 1.165) is 36.8 Å². The van der Waals surface area contributed by atoms with Crippen molar-refractivity contribution in [1.29, 1.82) is 0 Å². The number of unbranched alkanes of at least 4 members (excludes halogenated alkanes) is 8. The van der Waals surface area contributed by atoms with Crippen LogP contribution in [0.15, 0.2) is 60.7 Å². The summed E-state index contributed by atoms with van der Waals surface area (Å²) in [5.74, 6) is 11.2. The standard InChI is InChI=1S/C36H40F2/c1-3-5-7-9-11-13-29-15-17-30(18-16-29)19-20-31-22-25-34(36(38)27-31)26-23-32-21-24-33(35(37)28-32)14-12-10-8-6-4-2/h15-18,21-22,24-25,27-28H,3-14H2,1-2H3. The summed E-state index contributed by atoms with van der Waals surface area (Å²) in [6.07, 6.45) is 14.0. The molecule has 0 aliphatic heterocycles. The molecule has 0 aliphatic carbocycles. The molecule has 0 amide bonds. The summed E-state index contributed by atoms with van der Waals surface area (Å²) in [4.78, 5) is 0. The van der Waals surface area contributed by atoms with E-state index >= 15 is 0 Å². The van der Waals surface area contributed by atoms with Crippen LogP contribution in [0.2, 0.25) is 0 Å². The van der Waals surface area contributed by atoms with Crippen LogP contribution in [-0.2, 0) is 12.8 Å². The highest BCUT2D eigenvalue weighted by molar-refractivity contribution is 5.49. The normalized spacial score (nSPS) is 10.4. The minimum atomic E-state index is -0.424. The number of benzene rings is 3. The van der Waals surface area contributed by atoms with Gasteiger partial charge in [-0.2, -0.15) is 0 Å². The fourth-order valence-electron chi connectivity index (χ4n) is 4.41. The van der Waals surface area contributed by atoms with E-state index in [2.05, 4.69) is 49.7 Å². The van der Waals surface area contributed by atoms with Crippen LogP contribution in [-0.4, -0.2) is 0 Å². The largest absolute Gasteiger partial charge is 0.207 e. The van der Waals surface area contributed by atoms with E-state index in [1.54, 1.807) is 18.2 Å². The second-order valence-corrected chi connectivity index (χ2v) is 10.0. The highest BCUT2D eigenvalue weighted by Crippen LogP contribution is 2.16. The predicted octanol–water partition coefficient (Wildman–Crippen LogP) is 9.79. The van der Waals surface area contributed by atoms with Gasteiger partial charge in [-0.25, -0.2) is 8.78 Å². The van der Waals surface area contributed by atoms with Crippen LogP contribution in [0.3, 0.4) is 0 Å². The molecule has 3 aromatic carbocycles. The molecular weight excluding hydrogens is 470 g/mol. The number of aryl methyl sites for hydroxylation is 2. The minimum Gasteiger partial charge on any atom is -0.207 e. The Hall–Kier alpha value is -3.36. The van der Waals surface area contributed by atoms with Gasteiger partial charge in [-0.1, -0.05) is 107 Å². The van der Waals surface area contributed by atoms with Gasteiger partial charge in [0.05, 0.1) is 5.56 Å². The molecule has 2 heteroatoms. The Bertz CT molecular complexity index is 1260. The molecule has 0 saturated heterocycles. The smallest absolute Gasteiger partial charge is 0.140 e. The maximum atomic E-state index is 14.7. The van der Waals surface area contributed by atoms with E-state index in [1.165, 1.54) is 69.1 Å². The molecule has 0 aliphatic rings. The van der Waals surface area contributed by atoms with Gasteiger partial charge >= 0.3 is 0 Å². The first kappa shape index (κ1) is 29.2. The zero-order valence-corrected chi connectivity index (χ0v) is 23.0. The number of rotatable bonds is 12. The molecule has 0 heterocycles. The van der Waals surface area contributed by atoms with E-state index < -0.39 is 5.82 Å².